The van der Waals surface area contributed by atoms with E-state index in [2.05, 4.69) is 4.98 Å². The topological polar surface area (TPSA) is 52.0 Å². The van der Waals surface area contributed by atoms with Gasteiger partial charge in [0.2, 0.25) is 0 Å². The minimum absolute atomic E-state index is 0.174. The number of aromatic nitrogens is 1. The zero-order valence-electron chi connectivity index (χ0n) is 6.31. The quantitative estimate of drug-likeness (QED) is 0.766. The van der Waals surface area contributed by atoms with Gasteiger partial charge in [-0.15, -0.1) is 11.3 Å². The van der Waals surface area contributed by atoms with E-state index in [0.29, 0.717) is 0 Å². The van der Waals surface area contributed by atoms with Crippen molar-refractivity contribution in [1.29, 1.82) is 0 Å². The van der Waals surface area contributed by atoms with Crippen molar-refractivity contribution < 1.29 is 4.42 Å². The average molecular weight is 180 g/mol. The molecule has 0 amide bonds. The highest BCUT2D eigenvalue weighted by atomic mass is 32.1. The third kappa shape index (κ3) is 1.26. The van der Waals surface area contributed by atoms with Crippen molar-refractivity contribution in [1.82, 2.24) is 4.98 Å². The molecule has 0 aliphatic carbocycles. The third-order valence-electron chi connectivity index (χ3n) is 1.61. The lowest BCUT2D eigenvalue weighted by molar-refractivity contribution is 0.492. The largest absolute Gasteiger partial charge is 0.467 e. The predicted octanol–water partition coefficient (Wildman–Crippen LogP) is 1.78. The van der Waals surface area contributed by atoms with Crippen LogP contribution in [0.3, 0.4) is 0 Å². The number of furan rings is 1. The molecule has 2 rings (SSSR count). The molecule has 0 aliphatic rings. The monoisotopic (exact) mass is 180 g/mol. The number of rotatable bonds is 2. The molecule has 0 aliphatic heterocycles. The maximum Gasteiger partial charge on any atom is 0.125 e. The minimum atomic E-state index is -0.174. The minimum Gasteiger partial charge on any atom is -0.467 e. The van der Waals surface area contributed by atoms with E-state index in [1.165, 1.54) is 11.3 Å². The molecule has 0 saturated carbocycles. The van der Waals surface area contributed by atoms with Crippen LogP contribution in [0.25, 0.3) is 0 Å². The number of nitrogens with zero attached hydrogens (tertiary/aromatic N) is 1. The molecule has 1 unspecified atom stereocenters. The highest BCUT2D eigenvalue weighted by molar-refractivity contribution is 7.09. The second kappa shape index (κ2) is 3.08. The molecule has 0 spiro atoms. The number of thiazole rings is 1. The molecule has 12 heavy (non-hydrogen) atoms. The Kier molecular flexibility index (Phi) is 1.93. The van der Waals surface area contributed by atoms with Crippen LogP contribution in [0.1, 0.15) is 16.7 Å². The maximum atomic E-state index is 5.88. The molecular formula is C8H8N2OS. The van der Waals surface area contributed by atoms with Gasteiger partial charge in [-0.2, -0.15) is 0 Å². The molecule has 4 heteroatoms. The van der Waals surface area contributed by atoms with Gasteiger partial charge in [0, 0.05) is 11.1 Å². The van der Waals surface area contributed by atoms with Gasteiger partial charge >= 0.3 is 0 Å². The average Bonchev–Trinajstić information content (AvgIpc) is 2.77. The van der Waals surface area contributed by atoms with Gasteiger partial charge in [0.05, 0.1) is 17.8 Å². The Hall–Kier alpha value is -1.13. The molecule has 2 aromatic heterocycles. The Morgan fingerprint density at radius 2 is 2.50 bits per heavy atom. The van der Waals surface area contributed by atoms with E-state index in [1.54, 1.807) is 18.0 Å². The van der Waals surface area contributed by atoms with Crippen LogP contribution in [-0.4, -0.2) is 4.98 Å². The predicted molar refractivity (Wildman–Crippen MR) is 46.9 cm³/mol. The Labute approximate surface area is 73.8 Å². The van der Waals surface area contributed by atoms with Crippen molar-refractivity contribution in [3.05, 3.63) is 40.7 Å². The summed E-state index contributed by atoms with van der Waals surface area (Å²) in [6.07, 6.45) is 3.38. The highest BCUT2D eigenvalue weighted by Crippen LogP contribution is 2.22. The lowest BCUT2D eigenvalue weighted by Crippen LogP contribution is -2.08. The number of nitrogens with two attached hydrogens (primary N) is 1. The Morgan fingerprint density at radius 3 is 3.08 bits per heavy atom. The number of hydrogen-bond donors (Lipinski definition) is 1. The van der Waals surface area contributed by atoms with Crippen LogP contribution in [0.5, 0.6) is 0 Å². The summed E-state index contributed by atoms with van der Waals surface area (Å²) in [5, 5.41) is 0. The van der Waals surface area contributed by atoms with Crippen molar-refractivity contribution in [2.45, 2.75) is 6.04 Å². The van der Waals surface area contributed by atoms with E-state index in [9.17, 15) is 0 Å². The molecular weight excluding hydrogens is 172 g/mol. The lowest BCUT2D eigenvalue weighted by Gasteiger charge is -2.03. The molecule has 3 nitrogen and oxygen atoms in total. The second-order valence-corrected chi connectivity index (χ2v) is 3.31. The van der Waals surface area contributed by atoms with Gasteiger partial charge < -0.3 is 10.2 Å². The zero-order chi connectivity index (χ0) is 8.39. The first-order valence-electron chi connectivity index (χ1n) is 3.55. The summed E-state index contributed by atoms with van der Waals surface area (Å²) in [7, 11) is 0. The summed E-state index contributed by atoms with van der Waals surface area (Å²) in [5.41, 5.74) is 7.64. The second-order valence-electron chi connectivity index (χ2n) is 2.40. The zero-order valence-corrected chi connectivity index (χ0v) is 7.12. The first-order valence-corrected chi connectivity index (χ1v) is 4.43. The van der Waals surface area contributed by atoms with Crippen LogP contribution in [0.15, 0.2) is 34.5 Å². The smallest absolute Gasteiger partial charge is 0.125 e. The summed E-state index contributed by atoms with van der Waals surface area (Å²) in [5.74, 6) is 0.777. The lowest BCUT2D eigenvalue weighted by atomic mass is 10.2. The van der Waals surface area contributed by atoms with Crippen LogP contribution in [0, 0.1) is 0 Å². The fraction of sp³-hybridized carbons (Fsp3) is 0.125. The Morgan fingerprint density at radius 1 is 1.58 bits per heavy atom. The van der Waals surface area contributed by atoms with Gasteiger partial charge in [0.1, 0.15) is 5.76 Å². The van der Waals surface area contributed by atoms with Gasteiger partial charge in [0.15, 0.2) is 0 Å². The van der Waals surface area contributed by atoms with Crippen molar-refractivity contribution in [2.24, 2.45) is 5.73 Å². The van der Waals surface area contributed by atoms with E-state index in [0.717, 1.165) is 10.6 Å². The van der Waals surface area contributed by atoms with Gasteiger partial charge in [-0.3, -0.25) is 4.98 Å². The molecule has 62 valence electrons. The van der Waals surface area contributed by atoms with E-state index in [4.69, 9.17) is 10.2 Å². The van der Waals surface area contributed by atoms with Crippen molar-refractivity contribution in [2.75, 3.05) is 0 Å². The van der Waals surface area contributed by atoms with Crippen molar-refractivity contribution >= 4 is 11.3 Å². The first-order chi connectivity index (χ1) is 5.88. The van der Waals surface area contributed by atoms with E-state index >= 15 is 0 Å². The van der Waals surface area contributed by atoms with Crippen molar-refractivity contribution in [3.63, 3.8) is 0 Å². The molecule has 0 radical (unpaired) electrons. The van der Waals surface area contributed by atoms with Crippen LogP contribution >= 0.6 is 11.3 Å². The SMILES string of the molecule is NC(c1ccco1)c1cncs1. The van der Waals surface area contributed by atoms with Crippen molar-refractivity contribution in [3.8, 4) is 0 Å². The van der Waals surface area contributed by atoms with Crippen LogP contribution in [0.2, 0.25) is 0 Å². The Balaban J connectivity index is 2.27. The van der Waals surface area contributed by atoms with Gasteiger partial charge in [-0.25, -0.2) is 0 Å². The van der Waals surface area contributed by atoms with Gasteiger partial charge in [-0.05, 0) is 12.1 Å². The normalized spacial score (nSPS) is 13.1. The van der Waals surface area contributed by atoms with E-state index in [-0.39, 0.29) is 6.04 Å². The van der Waals surface area contributed by atoms with E-state index < -0.39 is 0 Å². The summed E-state index contributed by atoms with van der Waals surface area (Å²) in [4.78, 5) is 4.97. The molecule has 0 saturated heterocycles. The molecule has 0 fully saturated rings. The Bertz CT molecular complexity index is 294. The summed E-state index contributed by atoms with van der Waals surface area (Å²) < 4.78 is 5.17. The van der Waals surface area contributed by atoms with Crippen LogP contribution in [-0.2, 0) is 0 Å². The fourth-order valence-corrected chi connectivity index (χ4v) is 1.62. The highest BCUT2D eigenvalue weighted by Gasteiger charge is 2.12. The maximum absolute atomic E-state index is 5.88. The number of hydrogen-bond acceptors (Lipinski definition) is 4. The molecule has 2 aromatic rings. The molecule has 1 atom stereocenters. The molecule has 0 bridgehead atoms. The summed E-state index contributed by atoms with van der Waals surface area (Å²) in [6, 6.07) is 3.52. The fourth-order valence-electron chi connectivity index (χ4n) is 0.988. The van der Waals surface area contributed by atoms with Gasteiger partial charge in [-0.1, -0.05) is 0 Å². The molecule has 2 heterocycles. The summed E-state index contributed by atoms with van der Waals surface area (Å²) in [6.45, 7) is 0. The van der Waals surface area contributed by atoms with Gasteiger partial charge in [0.25, 0.3) is 0 Å². The van der Waals surface area contributed by atoms with E-state index in [1.807, 2.05) is 12.1 Å². The van der Waals surface area contributed by atoms with Crippen LogP contribution < -0.4 is 5.73 Å². The first kappa shape index (κ1) is 7.52. The third-order valence-corrected chi connectivity index (χ3v) is 2.47. The molecule has 2 N–H and O–H groups in total. The summed E-state index contributed by atoms with van der Waals surface area (Å²) >= 11 is 1.53. The van der Waals surface area contributed by atoms with Crippen LogP contribution in [0.4, 0.5) is 0 Å². The standard InChI is InChI=1S/C8H8N2OS/c9-8(6-2-1-3-11-6)7-4-10-5-12-7/h1-5,8H,9H2. The molecule has 0 aromatic carbocycles.